The van der Waals surface area contributed by atoms with Crippen molar-refractivity contribution >= 4 is 11.9 Å². The average Bonchev–Trinajstić information content (AvgIpc) is 3.43. The molecule has 0 aromatic heterocycles. The molecular weight excluding hydrogens is 947 g/mol. The molecule has 77 heavy (non-hydrogen) atoms. The molecule has 0 fully saturated rings. The van der Waals surface area contributed by atoms with Crippen molar-refractivity contribution in [2.75, 3.05) is 13.2 Å². The zero-order valence-electron chi connectivity index (χ0n) is 52.2. The van der Waals surface area contributed by atoms with Gasteiger partial charge in [0.05, 0.1) is 25.4 Å². The van der Waals surface area contributed by atoms with Gasteiger partial charge in [-0.15, -0.1) is 0 Å². The van der Waals surface area contributed by atoms with Crippen LogP contribution in [-0.2, 0) is 14.3 Å². The molecule has 0 rings (SSSR count). The smallest absolute Gasteiger partial charge is 0.305 e. The van der Waals surface area contributed by atoms with E-state index in [1.807, 2.05) is 0 Å². The molecule has 1 amide bonds. The van der Waals surface area contributed by atoms with Crippen molar-refractivity contribution in [1.29, 1.82) is 0 Å². The monoisotopic (exact) mass is 1080 g/mol. The fourth-order valence-electron chi connectivity index (χ4n) is 11.1. The van der Waals surface area contributed by atoms with E-state index >= 15 is 0 Å². The Morgan fingerprint density at radius 2 is 0.610 bits per heavy atom. The van der Waals surface area contributed by atoms with E-state index in [1.165, 1.54) is 315 Å². The Morgan fingerprint density at radius 3 is 0.922 bits per heavy atom. The number of amides is 1. The van der Waals surface area contributed by atoms with Crippen molar-refractivity contribution < 1.29 is 24.5 Å². The lowest BCUT2D eigenvalue weighted by atomic mass is 10.0. The standard InChI is InChI=1S/C71H137NO5/c1-3-5-7-9-11-13-15-17-19-20-21-22-23-24-27-30-33-36-39-43-47-51-55-59-63-69(74)68(67-73)72-70(75)64-60-56-52-48-44-40-37-34-31-28-25-26-29-32-35-38-42-46-50-54-58-62-66-77-71(76)65-61-57-53-49-45-41-18-16-14-12-10-8-6-4-2/h16,18,28,31,68-69,73-74H,3-15,17,19-27,29-30,32-67H2,1-2H3,(H,72,75)/b18-16-,31-28-. The van der Waals surface area contributed by atoms with E-state index in [0.717, 1.165) is 44.9 Å². The van der Waals surface area contributed by atoms with Crippen LogP contribution in [0.2, 0.25) is 0 Å². The van der Waals surface area contributed by atoms with Crippen LogP contribution in [0.25, 0.3) is 0 Å². The molecule has 0 radical (unpaired) electrons. The number of esters is 1. The number of rotatable bonds is 66. The Kier molecular flexibility index (Phi) is 65.4. The molecule has 0 aliphatic carbocycles. The molecule has 0 saturated carbocycles. The number of nitrogens with one attached hydrogen (secondary N) is 1. The lowest BCUT2D eigenvalue weighted by Gasteiger charge is -2.22. The topological polar surface area (TPSA) is 95.9 Å². The number of aliphatic hydroxyl groups excluding tert-OH is 2. The third kappa shape index (κ3) is 63.4. The fourth-order valence-corrected chi connectivity index (χ4v) is 11.1. The van der Waals surface area contributed by atoms with Gasteiger partial charge in [0.25, 0.3) is 0 Å². The first-order valence-electron chi connectivity index (χ1n) is 35.1. The minimum atomic E-state index is -0.670. The fraction of sp³-hybridized carbons (Fsp3) is 0.915. The zero-order chi connectivity index (χ0) is 55.7. The third-order valence-electron chi connectivity index (χ3n) is 16.5. The lowest BCUT2D eigenvalue weighted by molar-refractivity contribution is -0.143. The summed E-state index contributed by atoms with van der Waals surface area (Å²) in [7, 11) is 0. The molecule has 456 valence electrons. The number of unbranched alkanes of at least 4 members (excludes halogenated alkanes) is 51. The van der Waals surface area contributed by atoms with Gasteiger partial charge in [-0.1, -0.05) is 327 Å². The first-order chi connectivity index (χ1) is 38.0. The van der Waals surface area contributed by atoms with Crippen LogP contribution >= 0.6 is 0 Å². The van der Waals surface area contributed by atoms with Crippen molar-refractivity contribution in [2.24, 2.45) is 0 Å². The third-order valence-corrected chi connectivity index (χ3v) is 16.5. The van der Waals surface area contributed by atoms with E-state index in [2.05, 4.69) is 43.5 Å². The normalized spacial score (nSPS) is 12.6. The molecule has 0 spiro atoms. The molecule has 0 bridgehead atoms. The second-order valence-corrected chi connectivity index (χ2v) is 24.2. The number of hydrogen-bond acceptors (Lipinski definition) is 5. The molecule has 0 aromatic rings. The molecule has 0 aliphatic heterocycles. The van der Waals surface area contributed by atoms with Gasteiger partial charge in [0.1, 0.15) is 0 Å². The van der Waals surface area contributed by atoms with Crippen LogP contribution in [0.4, 0.5) is 0 Å². The number of aliphatic hydroxyl groups is 2. The maximum Gasteiger partial charge on any atom is 0.305 e. The van der Waals surface area contributed by atoms with Crippen LogP contribution in [0, 0.1) is 0 Å². The summed E-state index contributed by atoms with van der Waals surface area (Å²) in [6, 6.07) is -0.548. The highest BCUT2D eigenvalue weighted by Crippen LogP contribution is 2.19. The molecule has 6 heteroatoms. The minimum absolute atomic E-state index is 0.00234. The summed E-state index contributed by atoms with van der Waals surface area (Å²) in [5.74, 6) is -0.0352. The second kappa shape index (κ2) is 66.8. The molecule has 0 heterocycles. The van der Waals surface area contributed by atoms with Crippen molar-refractivity contribution in [3.63, 3.8) is 0 Å². The van der Waals surface area contributed by atoms with Gasteiger partial charge < -0.3 is 20.3 Å². The molecule has 0 saturated heterocycles. The quantitative estimate of drug-likeness (QED) is 0.0320. The summed E-state index contributed by atoms with van der Waals surface area (Å²) < 4.78 is 5.48. The van der Waals surface area contributed by atoms with Crippen molar-refractivity contribution in [3.05, 3.63) is 24.3 Å². The molecule has 2 unspecified atom stereocenters. The van der Waals surface area contributed by atoms with Crippen LogP contribution in [0.1, 0.15) is 393 Å². The molecule has 6 nitrogen and oxygen atoms in total. The zero-order valence-corrected chi connectivity index (χ0v) is 52.2. The van der Waals surface area contributed by atoms with Crippen LogP contribution in [0.15, 0.2) is 24.3 Å². The first kappa shape index (κ1) is 75.3. The van der Waals surface area contributed by atoms with Crippen molar-refractivity contribution in [1.82, 2.24) is 5.32 Å². The highest BCUT2D eigenvalue weighted by atomic mass is 16.5. The largest absolute Gasteiger partial charge is 0.466 e. The molecule has 2 atom stereocenters. The van der Waals surface area contributed by atoms with Gasteiger partial charge >= 0.3 is 5.97 Å². The second-order valence-electron chi connectivity index (χ2n) is 24.2. The number of allylic oxidation sites excluding steroid dienone is 4. The lowest BCUT2D eigenvalue weighted by Crippen LogP contribution is -2.45. The van der Waals surface area contributed by atoms with Gasteiger partial charge in [-0.25, -0.2) is 0 Å². The van der Waals surface area contributed by atoms with Crippen LogP contribution in [-0.4, -0.2) is 47.4 Å². The van der Waals surface area contributed by atoms with Gasteiger partial charge in [-0.2, -0.15) is 0 Å². The summed E-state index contributed by atoms with van der Waals surface area (Å²) in [6.07, 6.45) is 83.6. The SMILES string of the molecule is CCCCCCC/C=C\CCCCCCCC(=O)OCCCCCCCCCCCCC/C=C\CCCCCCCCCC(=O)NC(CO)C(O)CCCCCCCCCCCCCCCCCCCCCCCCCC. The van der Waals surface area contributed by atoms with Gasteiger partial charge in [0.15, 0.2) is 0 Å². The van der Waals surface area contributed by atoms with Crippen LogP contribution < -0.4 is 5.32 Å². The maximum atomic E-state index is 12.6. The number of carbonyl (C=O) groups excluding carboxylic acids is 2. The Bertz CT molecular complexity index is 1200. The molecular formula is C71H137NO5. The first-order valence-corrected chi connectivity index (χ1v) is 35.1. The Morgan fingerprint density at radius 1 is 0.351 bits per heavy atom. The summed E-state index contributed by atoms with van der Waals surface area (Å²) in [6.45, 7) is 4.97. The molecule has 0 aliphatic rings. The van der Waals surface area contributed by atoms with Gasteiger partial charge in [0.2, 0.25) is 5.91 Å². The summed E-state index contributed by atoms with van der Waals surface area (Å²) in [5.41, 5.74) is 0. The van der Waals surface area contributed by atoms with E-state index in [-0.39, 0.29) is 18.5 Å². The summed E-state index contributed by atoms with van der Waals surface area (Å²) in [4.78, 5) is 24.6. The van der Waals surface area contributed by atoms with Crippen LogP contribution in [0.3, 0.4) is 0 Å². The Balaban J connectivity index is 3.42. The predicted molar refractivity (Wildman–Crippen MR) is 338 cm³/mol. The number of carbonyl (C=O) groups is 2. The Hall–Kier alpha value is -1.66. The molecule has 3 N–H and O–H groups in total. The van der Waals surface area contributed by atoms with Gasteiger partial charge in [0, 0.05) is 12.8 Å². The highest BCUT2D eigenvalue weighted by Gasteiger charge is 2.20. The van der Waals surface area contributed by atoms with Crippen molar-refractivity contribution in [2.45, 2.75) is 405 Å². The maximum absolute atomic E-state index is 12.6. The molecule has 0 aromatic carbocycles. The predicted octanol–water partition coefficient (Wildman–Crippen LogP) is 22.5. The Labute approximate surface area is 481 Å². The highest BCUT2D eigenvalue weighted by molar-refractivity contribution is 5.76. The summed E-state index contributed by atoms with van der Waals surface area (Å²) in [5, 5.41) is 23.4. The van der Waals surface area contributed by atoms with Gasteiger partial charge in [-0.3, -0.25) is 9.59 Å². The van der Waals surface area contributed by atoms with Gasteiger partial charge in [-0.05, 0) is 77.0 Å². The number of ether oxygens (including phenoxy) is 1. The van der Waals surface area contributed by atoms with E-state index in [4.69, 9.17) is 4.74 Å². The number of hydrogen-bond donors (Lipinski definition) is 3. The van der Waals surface area contributed by atoms with E-state index in [1.54, 1.807) is 0 Å². The average molecular weight is 1080 g/mol. The minimum Gasteiger partial charge on any atom is -0.466 e. The van der Waals surface area contributed by atoms with Crippen LogP contribution in [0.5, 0.6) is 0 Å². The van der Waals surface area contributed by atoms with E-state index < -0.39 is 12.1 Å². The summed E-state index contributed by atoms with van der Waals surface area (Å²) >= 11 is 0. The van der Waals surface area contributed by atoms with E-state index in [0.29, 0.717) is 25.9 Å². The van der Waals surface area contributed by atoms with E-state index in [9.17, 15) is 19.8 Å². The van der Waals surface area contributed by atoms with Crippen molar-refractivity contribution in [3.8, 4) is 0 Å².